The van der Waals surface area contributed by atoms with Crippen LogP contribution in [0.3, 0.4) is 0 Å². The molecule has 0 aromatic heterocycles. The van der Waals surface area contributed by atoms with Gasteiger partial charge in [0.1, 0.15) is 17.7 Å². The lowest BCUT2D eigenvalue weighted by Gasteiger charge is -2.47. The summed E-state index contributed by atoms with van der Waals surface area (Å²) in [4.78, 5) is 11.1. The van der Waals surface area contributed by atoms with E-state index in [2.05, 4.69) is 5.32 Å². The van der Waals surface area contributed by atoms with E-state index in [4.69, 9.17) is 9.47 Å². The summed E-state index contributed by atoms with van der Waals surface area (Å²) in [5.41, 5.74) is -1.42. The van der Waals surface area contributed by atoms with Crippen LogP contribution in [-0.4, -0.2) is 53.4 Å². The molecule has 1 amide bonds. The number of nitrogens with one attached hydrogen (secondary N) is 1. The van der Waals surface area contributed by atoms with Crippen molar-refractivity contribution in [2.24, 2.45) is 0 Å². The third kappa shape index (κ3) is 2.77. The Morgan fingerprint density at radius 3 is 2.59 bits per heavy atom. The van der Waals surface area contributed by atoms with E-state index >= 15 is 0 Å². The molecule has 0 spiro atoms. The number of aliphatic hydroxyl groups is 2. The lowest BCUT2D eigenvalue weighted by atomic mass is 9.83. The average molecular weight is 247 g/mol. The van der Waals surface area contributed by atoms with Gasteiger partial charge < -0.3 is 25.0 Å². The fourth-order valence-electron chi connectivity index (χ4n) is 2.18. The maximum atomic E-state index is 11.1. The standard InChI is InChI=1S/C11H21NO5/c1-5-7-11(3,15)9(14)8(12-6(2)13)10(16-4)17-7/h7-10,14-15H,5H2,1-4H3,(H,12,13)/t7?,8?,9?,10?,11-/m0/s1. The highest BCUT2D eigenvalue weighted by Crippen LogP contribution is 2.31. The molecule has 0 bridgehead atoms. The van der Waals surface area contributed by atoms with Gasteiger partial charge in [-0.2, -0.15) is 0 Å². The van der Waals surface area contributed by atoms with Crippen molar-refractivity contribution in [1.82, 2.24) is 5.32 Å². The Hall–Kier alpha value is -0.690. The van der Waals surface area contributed by atoms with E-state index in [1.165, 1.54) is 21.0 Å². The van der Waals surface area contributed by atoms with Crippen LogP contribution in [-0.2, 0) is 14.3 Å². The van der Waals surface area contributed by atoms with Crippen molar-refractivity contribution >= 4 is 5.91 Å². The molecule has 0 saturated carbocycles. The second-order valence-corrected chi connectivity index (χ2v) is 4.53. The maximum absolute atomic E-state index is 11.1. The third-order valence-corrected chi connectivity index (χ3v) is 3.16. The minimum absolute atomic E-state index is 0.314. The molecule has 1 aliphatic rings. The number of aliphatic hydroxyl groups excluding tert-OH is 1. The van der Waals surface area contributed by atoms with Crippen molar-refractivity contribution in [3.8, 4) is 0 Å². The van der Waals surface area contributed by atoms with E-state index in [0.717, 1.165) is 0 Å². The van der Waals surface area contributed by atoms with Crippen molar-refractivity contribution in [2.75, 3.05) is 7.11 Å². The molecule has 6 nitrogen and oxygen atoms in total. The summed E-state index contributed by atoms with van der Waals surface area (Å²) < 4.78 is 10.6. The summed E-state index contributed by atoms with van der Waals surface area (Å²) in [6.07, 6.45) is -1.90. The summed E-state index contributed by atoms with van der Waals surface area (Å²) in [5, 5.41) is 22.9. The molecule has 3 N–H and O–H groups in total. The van der Waals surface area contributed by atoms with Crippen LogP contribution in [0.1, 0.15) is 27.2 Å². The Bertz CT molecular complexity index is 281. The molecular formula is C11H21NO5. The molecule has 0 aromatic carbocycles. The summed E-state index contributed by atoms with van der Waals surface area (Å²) in [5.74, 6) is -0.314. The van der Waals surface area contributed by atoms with Crippen molar-refractivity contribution in [3.63, 3.8) is 0 Å². The van der Waals surface area contributed by atoms with E-state index in [9.17, 15) is 15.0 Å². The van der Waals surface area contributed by atoms with E-state index < -0.39 is 30.1 Å². The molecule has 4 unspecified atom stereocenters. The molecule has 1 heterocycles. The number of methoxy groups -OCH3 is 1. The van der Waals surface area contributed by atoms with Crippen LogP contribution in [0.25, 0.3) is 0 Å². The zero-order valence-corrected chi connectivity index (χ0v) is 10.6. The summed E-state index contributed by atoms with van der Waals surface area (Å²) in [7, 11) is 1.43. The average Bonchev–Trinajstić information content (AvgIpc) is 2.25. The predicted octanol–water partition coefficient (Wildman–Crippen LogP) is -0.616. The number of amides is 1. The SMILES string of the molecule is CCC1OC(OC)C(NC(C)=O)C(O)[C@@]1(C)O. The van der Waals surface area contributed by atoms with Gasteiger partial charge in [0, 0.05) is 14.0 Å². The zero-order chi connectivity index (χ0) is 13.2. The molecule has 1 rings (SSSR count). The quantitative estimate of drug-likeness (QED) is 0.619. The van der Waals surface area contributed by atoms with Crippen molar-refractivity contribution in [1.29, 1.82) is 0 Å². The van der Waals surface area contributed by atoms with Gasteiger partial charge in [0.05, 0.1) is 6.10 Å². The highest BCUT2D eigenvalue weighted by atomic mass is 16.7. The number of ether oxygens (including phenoxy) is 2. The molecule has 100 valence electrons. The van der Waals surface area contributed by atoms with Crippen LogP contribution in [0.5, 0.6) is 0 Å². The fourth-order valence-corrected chi connectivity index (χ4v) is 2.18. The zero-order valence-electron chi connectivity index (χ0n) is 10.6. The minimum atomic E-state index is -1.42. The first-order chi connectivity index (χ1) is 7.84. The van der Waals surface area contributed by atoms with Gasteiger partial charge in [-0.15, -0.1) is 0 Å². The predicted molar refractivity (Wildman–Crippen MR) is 60.2 cm³/mol. The van der Waals surface area contributed by atoms with E-state index in [0.29, 0.717) is 6.42 Å². The number of hydrogen-bond acceptors (Lipinski definition) is 5. The van der Waals surface area contributed by atoms with Crippen LogP contribution < -0.4 is 5.32 Å². The fraction of sp³-hybridized carbons (Fsp3) is 0.909. The molecule has 1 saturated heterocycles. The number of hydrogen-bond donors (Lipinski definition) is 3. The second-order valence-electron chi connectivity index (χ2n) is 4.53. The van der Waals surface area contributed by atoms with Gasteiger partial charge in [-0.3, -0.25) is 4.79 Å². The molecule has 0 radical (unpaired) electrons. The molecule has 17 heavy (non-hydrogen) atoms. The first-order valence-corrected chi connectivity index (χ1v) is 5.70. The van der Waals surface area contributed by atoms with Gasteiger partial charge in [0.25, 0.3) is 0 Å². The van der Waals surface area contributed by atoms with Crippen LogP contribution in [0.4, 0.5) is 0 Å². The lowest BCUT2D eigenvalue weighted by molar-refractivity contribution is -0.288. The number of carbonyl (C=O) groups excluding carboxylic acids is 1. The second kappa shape index (κ2) is 5.30. The molecule has 1 fully saturated rings. The Labute approximate surface area is 101 Å². The summed E-state index contributed by atoms with van der Waals surface area (Å²) in [6, 6.07) is -0.782. The van der Waals surface area contributed by atoms with Crippen molar-refractivity contribution in [2.45, 2.75) is 57.3 Å². The monoisotopic (exact) mass is 247 g/mol. The largest absolute Gasteiger partial charge is 0.388 e. The van der Waals surface area contributed by atoms with Gasteiger partial charge in [-0.05, 0) is 13.3 Å². The molecule has 1 aliphatic heterocycles. The molecule has 6 heteroatoms. The molecule has 0 aromatic rings. The highest BCUT2D eigenvalue weighted by molar-refractivity contribution is 5.73. The van der Waals surface area contributed by atoms with Crippen molar-refractivity contribution < 1.29 is 24.5 Å². The van der Waals surface area contributed by atoms with Gasteiger partial charge in [0.2, 0.25) is 5.91 Å². The van der Waals surface area contributed by atoms with E-state index in [1.807, 2.05) is 6.92 Å². The van der Waals surface area contributed by atoms with E-state index in [1.54, 1.807) is 0 Å². The Morgan fingerprint density at radius 2 is 2.18 bits per heavy atom. The molecule has 5 atom stereocenters. The minimum Gasteiger partial charge on any atom is -0.388 e. The first kappa shape index (κ1) is 14.4. The Balaban J connectivity index is 2.92. The van der Waals surface area contributed by atoms with E-state index in [-0.39, 0.29) is 5.91 Å². The van der Waals surface area contributed by atoms with Gasteiger partial charge >= 0.3 is 0 Å². The summed E-state index contributed by atoms with van der Waals surface area (Å²) in [6.45, 7) is 4.67. The first-order valence-electron chi connectivity index (χ1n) is 5.70. The molecule has 0 aliphatic carbocycles. The maximum Gasteiger partial charge on any atom is 0.217 e. The lowest BCUT2D eigenvalue weighted by Crippen LogP contribution is -2.68. The smallest absolute Gasteiger partial charge is 0.217 e. The number of carbonyl (C=O) groups is 1. The molecular weight excluding hydrogens is 226 g/mol. The topological polar surface area (TPSA) is 88.0 Å². The van der Waals surface area contributed by atoms with Crippen LogP contribution in [0.15, 0.2) is 0 Å². The van der Waals surface area contributed by atoms with Gasteiger partial charge in [-0.1, -0.05) is 6.92 Å². The Kier molecular flexibility index (Phi) is 4.48. The van der Waals surface area contributed by atoms with Crippen LogP contribution >= 0.6 is 0 Å². The Morgan fingerprint density at radius 1 is 1.59 bits per heavy atom. The highest BCUT2D eigenvalue weighted by Gasteiger charge is 2.51. The van der Waals surface area contributed by atoms with Crippen molar-refractivity contribution in [3.05, 3.63) is 0 Å². The van der Waals surface area contributed by atoms with Gasteiger partial charge in [0.15, 0.2) is 6.29 Å². The number of rotatable bonds is 3. The third-order valence-electron chi connectivity index (χ3n) is 3.16. The van der Waals surface area contributed by atoms with Crippen LogP contribution in [0, 0.1) is 0 Å². The summed E-state index contributed by atoms with van der Waals surface area (Å²) >= 11 is 0. The normalized spacial score (nSPS) is 42.2. The van der Waals surface area contributed by atoms with Crippen LogP contribution in [0.2, 0.25) is 0 Å². The van der Waals surface area contributed by atoms with Gasteiger partial charge in [-0.25, -0.2) is 0 Å².